The van der Waals surface area contributed by atoms with Gasteiger partial charge in [-0.25, -0.2) is 4.39 Å². The molecule has 0 bridgehead atoms. The molecule has 8 heteroatoms. The average molecular weight is 438 g/mol. The Balaban J connectivity index is 1.82. The van der Waals surface area contributed by atoms with E-state index in [4.69, 9.17) is 9.15 Å². The summed E-state index contributed by atoms with van der Waals surface area (Å²) in [5.41, 5.74) is 0.284. The van der Waals surface area contributed by atoms with Crippen molar-refractivity contribution in [3.05, 3.63) is 77.0 Å². The van der Waals surface area contributed by atoms with Gasteiger partial charge < -0.3 is 24.1 Å². The lowest BCUT2D eigenvalue weighted by atomic mass is 9.94. The highest BCUT2D eigenvalue weighted by Gasteiger charge is 2.45. The maximum Gasteiger partial charge on any atom is 0.290 e. The number of hydrogen-bond donors (Lipinski definition) is 1. The molecule has 1 aliphatic heterocycles. The Labute approximate surface area is 184 Å². The van der Waals surface area contributed by atoms with Gasteiger partial charge in [0.25, 0.3) is 5.91 Å². The Kier molecular flexibility index (Phi) is 5.71. The van der Waals surface area contributed by atoms with Crippen molar-refractivity contribution in [1.82, 2.24) is 9.80 Å². The summed E-state index contributed by atoms with van der Waals surface area (Å²) < 4.78 is 25.8. The second-order valence-corrected chi connectivity index (χ2v) is 7.81. The van der Waals surface area contributed by atoms with Gasteiger partial charge in [-0.1, -0.05) is 30.3 Å². The fraction of sp³-hybridized carbons (Fsp3) is 0.250. The number of likely N-dealkylation sites (N-methyl/N-ethyl adjacent to an activating group) is 1. The van der Waals surface area contributed by atoms with Gasteiger partial charge in [0.2, 0.25) is 5.78 Å². The molecule has 3 aromatic rings. The standard InChI is InChI=1S/C24H23FN2O5/c1-26(2)11-12-27-20(15-8-4-5-9-16(15)25)19(22(29)24(27)30)21(28)18-13-14-7-6-10-17(31-3)23(14)32-18/h4-10,13,20,29H,11-12H2,1-3H3/t20-/m0/s1. The van der Waals surface area contributed by atoms with Crippen LogP contribution in [-0.4, -0.2) is 60.9 Å². The van der Waals surface area contributed by atoms with Crippen LogP contribution in [0.25, 0.3) is 11.0 Å². The number of hydrogen-bond acceptors (Lipinski definition) is 6. The number of carbonyl (C=O) groups is 2. The van der Waals surface area contributed by atoms with Crippen LogP contribution in [-0.2, 0) is 4.79 Å². The summed E-state index contributed by atoms with van der Waals surface area (Å²) in [7, 11) is 5.15. The lowest BCUT2D eigenvalue weighted by Crippen LogP contribution is -2.37. The molecule has 166 valence electrons. The topological polar surface area (TPSA) is 83.2 Å². The van der Waals surface area contributed by atoms with Crippen LogP contribution in [0.4, 0.5) is 4.39 Å². The minimum atomic E-state index is -1.08. The number of aliphatic hydroxyl groups excluding tert-OH is 1. The van der Waals surface area contributed by atoms with Crippen LogP contribution < -0.4 is 4.74 Å². The molecule has 0 radical (unpaired) electrons. The second-order valence-electron chi connectivity index (χ2n) is 7.81. The highest BCUT2D eigenvalue weighted by atomic mass is 19.1. The number of rotatable bonds is 7. The highest BCUT2D eigenvalue weighted by molar-refractivity contribution is 6.16. The molecule has 0 fully saturated rings. The second kappa shape index (κ2) is 8.47. The highest BCUT2D eigenvalue weighted by Crippen LogP contribution is 2.40. The molecule has 32 heavy (non-hydrogen) atoms. The van der Waals surface area contributed by atoms with Gasteiger partial charge in [0.1, 0.15) is 5.82 Å². The van der Waals surface area contributed by atoms with E-state index >= 15 is 0 Å². The smallest absolute Gasteiger partial charge is 0.290 e. The van der Waals surface area contributed by atoms with Crippen molar-refractivity contribution in [3.8, 4) is 5.75 Å². The number of methoxy groups -OCH3 is 1. The summed E-state index contributed by atoms with van der Waals surface area (Å²) in [6.07, 6.45) is 0. The number of ketones is 1. The number of fused-ring (bicyclic) bond motifs is 1. The number of Topliss-reactive ketones (excluding diaryl/α,β-unsaturated/α-hetero) is 1. The summed E-state index contributed by atoms with van der Waals surface area (Å²) in [5.74, 6) is -2.32. The third-order valence-electron chi connectivity index (χ3n) is 5.49. The third-order valence-corrected chi connectivity index (χ3v) is 5.49. The molecule has 0 unspecified atom stereocenters. The van der Waals surface area contributed by atoms with Gasteiger partial charge in [0.05, 0.1) is 18.7 Å². The van der Waals surface area contributed by atoms with Crippen molar-refractivity contribution < 1.29 is 28.2 Å². The molecule has 1 atom stereocenters. The Hall–Kier alpha value is -3.65. The predicted octanol–water partition coefficient (Wildman–Crippen LogP) is 3.72. The first-order chi connectivity index (χ1) is 15.3. The Morgan fingerprint density at radius 2 is 1.97 bits per heavy atom. The van der Waals surface area contributed by atoms with Crippen LogP contribution in [0.3, 0.4) is 0 Å². The first-order valence-electron chi connectivity index (χ1n) is 10.1. The molecular formula is C24H23FN2O5. The van der Waals surface area contributed by atoms with Gasteiger partial charge >= 0.3 is 0 Å². The maximum atomic E-state index is 14.8. The lowest BCUT2D eigenvalue weighted by Gasteiger charge is -2.28. The van der Waals surface area contributed by atoms with E-state index in [1.54, 1.807) is 24.3 Å². The molecule has 1 amide bonds. The van der Waals surface area contributed by atoms with Crippen LogP contribution >= 0.6 is 0 Å². The molecule has 0 spiro atoms. The molecule has 0 saturated carbocycles. The number of halogens is 1. The fourth-order valence-electron chi connectivity index (χ4n) is 3.89. The molecule has 1 aromatic heterocycles. The quantitative estimate of drug-likeness (QED) is 0.566. The number of aliphatic hydroxyl groups is 1. The monoisotopic (exact) mass is 438 g/mol. The Morgan fingerprint density at radius 1 is 1.22 bits per heavy atom. The minimum Gasteiger partial charge on any atom is -0.503 e. The van der Waals surface area contributed by atoms with Gasteiger partial charge in [-0.15, -0.1) is 0 Å². The van der Waals surface area contributed by atoms with Crippen molar-refractivity contribution in [1.29, 1.82) is 0 Å². The van der Waals surface area contributed by atoms with Crippen molar-refractivity contribution in [2.24, 2.45) is 0 Å². The number of para-hydroxylation sites is 1. The summed E-state index contributed by atoms with van der Waals surface area (Å²) in [5, 5.41) is 11.3. The third kappa shape index (κ3) is 3.62. The van der Waals surface area contributed by atoms with Gasteiger partial charge in [-0.05, 0) is 32.3 Å². The van der Waals surface area contributed by atoms with Crippen LogP contribution in [0, 0.1) is 5.82 Å². The van der Waals surface area contributed by atoms with Gasteiger partial charge in [0, 0.05) is 24.0 Å². The normalized spacial score (nSPS) is 16.5. The number of ether oxygens (including phenoxy) is 1. The number of carbonyl (C=O) groups excluding carboxylic acids is 2. The molecule has 2 heterocycles. The van der Waals surface area contributed by atoms with Gasteiger partial charge in [-0.2, -0.15) is 0 Å². The minimum absolute atomic E-state index is 0.0744. The van der Waals surface area contributed by atoms with Gasteiger partial charge in [-0.3, -0.25) is 9.59 Å². The summed E-state index contributed by atoms with van der Waals surface area (Å²) in [6.45, 7) is 0.660. The first-order valence-corrected chi connectivity index (χ1v) is 10.1. The number of furan rings is 1. The zero-order chi connectivity index (χ0) is 23.0. The van der Waals surface area contributed by atoms with E-state index in [0.29, 0.717) is 23.3 Å². The van der Waals surface area contributed by atoms with Crippen LogP contribution in [0.2, 0.25) is 0 Å². The summed E-state index contributed by atoms with van der Waals surface area (Å²) in [4.78, 5) is 29.6. The molecule has 0 saturated heterocycles. The summed E-state index contributed by atoms with van der Waals surface area (Å²) >= 11 is 0. The first kappa shape index (κ1) is 21.6. The van der Waals surface area contributed by atoms with Crippen LogP contribution in [0.1, 0.15) is 22.2 Å². The van der Waals surface area contributed by atoms with E-state index in [-0.39, 0.29) is 23.4 Å². The maximum absolute atomic E-state index is 14.8. The van der Waals surface area contributed by atoms with Crippen LogP contribution in [0.5, 0.6) is 5.75 Å². The summed E-state index contributed by atoms with van der Waals surface area (Å²) in [6, 6.07) is 11.6. The number of amides is 1. The molecule has 4 rings (SSSR count). The van der Waals surface area contributed by atoms with E-state index in [0.717, 1.165) is 0 Å². The molecule has 7 nitrogen and oxygen atoms in total. The SMILES string of the molecule is COc1cccc2cc(C(=O)C3=C(O)C(=O)N(CCN(C)C)[C@H]3c3ccccc3F)oc12. The molecule has 0 aliphatic carbocycles. The van der Waals surface area contributed by atoms with Crippen molar-refractivity contribution >= 4 is 22.7 Å². The fourth-order valence-corrected chi connectivity index (χ4v) is 3.89. The van der Waals surface area contributed by atoms with E-state index in [9.17, 15) is 19.1 Å². The zero-order valence-corrected chi connectivity index (χ0v) is 18.0. The van der Waals surface area contributed by atoms with E-state index < -0.39 is 29.3 Å². The van der Waals surface area contributed by atoms with Crippen molar-refractivity contribution in [2.45, 2.75) is 6.04 Å². The molecule has 1 aliphatic rings. The molecule has 1 N–H and O–H groups in total. The van der Waals surface area contributed by atoms with Crippen LogP contribution in [0.15, 0.2) is 64.3 Å². The van der Waals surface area contributed by atoms with E-state index in [2.05, 4.69) is 0 Å². The average Bonchev–Trinajstić information content (AvgIpc) is 3.32. The molecular weight excluding hydrogens is 415 g/mol. The lowest BCUT2D eigenvalue weighted by molar-refractivity contribution is -0.129. The van der Waals surface area contributed by atoms with E-state index in [1.807, 2.05) is 19.0 Å². The van der Waals surface area contributed by atoms with Crippen molar-refractivity contribution in [3.63, 3.8) is 0 Å². The largest absolute Gasteiger partial charge is 0.503 e. The number of benzene rings is 2. The number of nitrogens with zero attached hydrogens (tertiary/aromatic N) is 2. The zero-order valence-electron chi connectivity index (χ0n) is 18.0. The van der Waals surface area contributed by atoms with Gasteiger partial charge in [0.15, 0.2) is 22.9 Å². The Morgan fingerprint density at radius 3 is 2.66 bits per heavy atom. The Bertz CT molecular complexity index is 1230. The van der Waals surface area contributed by atoms with E-state index in [1.165, 1.54) is 36.3 Å². The van der Waals surface area contributed by atoms with Crippen molar-refractivity contribution in [2.75, 3.05) is 34.3 Å². The predicted molar refractivity (Wildman–Crippen MR) is 116 cm³/mol. The molecule has 2 aromatic carbocycles.